The van der Waals surface area contributed by atoms with Gasteiger partial charge in [0.05, 0.1) is 5.92 Å². The maximum Gasteiger partial charge on any atom is 0.306 e. The van der Waals surface area contributed by atoms with E-state index in [4.69, 9.17) is 5.11 Å². The quantitative estimate of drug-likeness (QED) is 0.643. The van der Waals surface area contributed by atoms with Gasteiger partial charge >= 0.3 is 5.97 Å². The molecule has 0 spiro atoms. The van der Waals surface area contributed by atoms with E-state index < -0.39 is 5.97 Å². The highest BCUT2D eigenvalue weighted by Gasteiger charge is 2.38. The van der Waals surface area contributed by atoms with Gasteiger partial charge in [0, 0.05) is 6.04 Å². The number of carbonyl (C=O) groups is 1. The van der Waals surface area contributed by atoms with Crippen LogP contribution >= 0.6 is 0 Å². The number of nitrogens with one attached hydrogen (secondary N) is 1. The van der Waals surface area contributed by atoms with Gasteiger partial charge in [-0.1, -0.05) is 6.42 Å². The van der Waals surface area contributed by atoms with Crippen LogP contribution in [0.1, 0.15) is 32.1 Å². The molecular formula is C10H17NO2. The number of carboxylic acids is 1. The Bertz CT molecular complexity index is 203. The summed E-state index contributed by atoms with van der Waals surface area (Å²) >= 11 is 0. The summed E-state index contributed by atoms with van der Waals surface area (Å²) in [5, 5.41) is 12.5. The van der Waals surface area contributed by atoms with Gasteiger partial charge in [-0.25, -0.2) is 0 Å². The topological polar surface area (TPSA) is 49.3 Å². The van der Waals surface area contributed by atoms with Gasteiger partial charge in [-0.05, 0) is 38.1 Å². The Hall–Kier alpha value is -0.570. The second kappa shape index (κ2) is 3.66. The van der Waals surface area contributed by atoms with Crippen LogP contribution in [-0.4, -0.2) is 23.7 Å². The predicted octanol–water partition coefficient (Wildman–Crippen LogP) is 1.24. The Kier molecular flexibility index (Phi) is 2.54. The number of piperidine rings is 1. The first-order valence-corrected chi connectivity index (χ1v) is 5.25. The van der Waals surface area contributed by atoms with E-state index in [-0.39, 0.29) is 5.92 Å². The highest BCUT2D eigenvalue weighted by Crippen LogP contribution is 2.35. The van der Waals surface area contributed by atoms with Crippen molar-refractivity contribution >= 4 is 5.97 Å². The van der Waals surface area contributed by atoms with Gasteiger partial charge in [-0.2, -0.15) is 0 Å². The minimum Gasteiger partial charge on any atom is -0.481 e. The molecule has 0 unspecified atom stereocenters. The molecule has 1 aliphatic heterocycles. The fraction of sp³-hybridized carbons (Fsp3) is 0.900. The van der Waals surface area contributed by atoms with Crippen LogP contribution in [0.25, 0.3) is 0 Å². The average Bonchev–Trinajstić information content (AvgIpc) is 2.17. The molecular weight excluding hydrogens is 166 g/mol. The number of carboxylic acid groups (broad SMARTS) is 1. The first kappa shape index (κ1) is 9.00. The van der Waals surface area contributed by atoms with Crippen molar-refractivity contribution in [2.45, 2.75) is 38.1 Å². The summed E-state index contributed by atoms with van der Waals surface area (Å²) in [6.07, 6.45) is 5.39. The lowest BCUT2D eigenvalue weighted by Crippen LogP contribution is -2.48. The van der Waals surface area contributed by atoms with E-state index in [1.807, 2.05) is 0 Å². The van der Waals surface area contributed by atoms with Gasteiger partial charge in [-0.15, -0.1) is 0 Å². The lowest BCUT2D eigenvalue weighted by molar-refractivity contribution is -0.146. The number of hydrogen-bond acceptors (Lipinski definition) is 2. The predicted molar refractivity (Wildman–Crippen MR) is 49.5 cm³/mol. The maximum atomic E-state index is 11.0. The standard InChI is InChI=1S/C10H17NO2/c12-10(13)8-3-1-5-9-7(8)4-2-6-11-9/h7-9,11H,1-6H2,(H,12,13)/t7-,8-,9+/m0/s1. The van der Waals surface area contributed by atoms with Crippen molar-refractivity contribution < 1.29 is 9.90 Å². The van der Waals surface area contributed by atoms with Crippen molar-refractivity contribution in [2.24, 2.45) is 11.8 Å². The largest absolute Gasteiger partial charge is 0.481 e. The minimum absolute atomic E-state index is 0.0773. The number of aliphatic carboxylic acids is 1. The molecule has 13 heavy (non-hydrogen) atoms. The summed E-state index contributed by atoms with van der Waals surface area (Å²) in [5.74, 6) is -0.259. The molecule has 0 aromatic rings. The fourth-order valence-electron chi connectivity index (χ4n) is 2.85. The number of fused-ring (bicyclic) bond motifs is 1. The zero-order chi connectivity index (χ0) is 9.26. The zero-order valence-electron chi connectivity index (χ0n) is 7.83. The van der Waals surface area contributed by atoms with Gasteiger partial charge in [0.1, 0.15) is 0 Å². The lowest BCUT2D eigenvalue weighted by Gasteiger charge is -2.40. The summed E-state index contributed by atoms with van der Waals surface area (Å²) in [6.45, 7) is 1.08. The van der Waals surface area contributed by atoms with Crippen LogP contribution in [0.15, 0.2) is 0 Å². The van der Waals surface area contributed by atoms with Crippen molar-refractivity contribution in [1.29, 1.82) is 0 Å². The Morgan fingerprint density at radius 3 is 2.85 bits per heavy atom. The third-order valence-electron chi connectivity index (χ3n) is 3.50. The highest BCUT2D eigenvalue weighted by atomic mass is 16.4. The van der Waals surface area contributed by atoms with Crippen molar-refractivity contribution in [3.63, 3.8) is 0 Å². The third kappa shape index (κ3) is 1.70. The van der Waals surface area contributed by atoms with Crippen molar-refractivity contribution in [3.05, 3.63) is 0 Å². The normalized spacial score (nSPS) is 39.5. The molecule has 1 saturated heterocycles. The van der Waals surface area contributed by atoms with E-state index in [0.717, 1.165) is 32.2 Å². The first-order chi connectivity index (χ1) is 6.29. The Morgan fingerprint density at radius 2 is 2.08 bits per heavy atom. The van der Waals surface area contributed by atoms with E-state index in [9.17, 15) is 4.79 Å². The Morgan fingerprint density at radius 1 is 1.23 bits per heavy atom. The average molecular weight is 183 g/mol. The van der Waals surface area contributed by atoms with E-state index in [0.29, 0.717) is 12.0 Å². The SMILES string of the molecule is O=C(O)[C@H]1CCC[C@H]2NCCC[C@@H]12. The van der Waals surface area contributed by atoms with Crippen LogP contribution in [0.3, 0.4) is 0 Å². The summed E-state index contributed by atoms with van der Waals surface area (Å²) in [6, 6.07) is 0.489. The molecule has 1 saturated carbocycles. The van der Waals surface area contributed by atoms with Crippen LogP contribution < -0.4 is 5.32 Å². The van der Waals surface area contributed by atoms with Gasteiger partial charge in [0.2, 0.25) is 0 Å². The smallest absolute Gasteiger partial charge is 0.306 e. The van der Waals surface area contributed by atoms with Crippen LogP contribution in [-0.2, 0) is 4.79 Å². The van der Waals surface area contributed by atoms with Crippen molar-refractivity contribution in [2.75, 3.05) is 6.54 Å². The summed E-state index contributed by atoms with van der Waals surface area (Å²) in [4.78, 5) is 11.0. The van der Waals surface area contributed by atoms with Crippen LogP contribution in [0.2, 0.25) is 0 Å². The first-order valence-electron chi connectivity index (χ1n) is 5.25. The fourth-order valence-corrected chi connectivity index (χ4v) is 2.85. The molecule has 2 fully saturated rings. The van der Waals surface area contributed by atoms with Gasteiger partial charge in [0.25, 0.3) is 0 Å². The lowest BCUT2D eigenvalue weighted by atomic mass is 9.72. The van der Waals surface area contributed by atoms with Gasteiger partial charge in [-0.3, -0.25) is 4.79 Å². The molecule has 0 amide bonds. The van der Waals surface area contributed by atoms with Gasteiger partial charge < -0.3 is 10.4 Å². The zero-order valence-corrected chi connectivity index (χ0v) is 7.83. The molecule has 2 N–H and O–H groups in total. The van der Waals surface area contributed by atoms with E-state index in [1.54, 1.807) is 0 Å². The molecule has 0 aromatic carbocycles. The van der Waals surface area contributed by atoms with Crippen molar-refractivity contribution in [3.8, 4) is 0 Å². The molecule has 1 heterocycles. The van der Waals surface area contributed by atoms with E-state index >= 15 is 0 Å². The van der Waals surface area contributed by atoms with Crippen LogP contribution in [0.4, 0.5) is 0 Å². The molecule has 0 aromatic heterocycles. The molecule has 0 radical (unpaired) electrons. The summed E-state index contributed by atoms with van der Waals surface area (Å²) in [7, 11) is 0. The third-order valence-corrected chi connectivity index (χ3v) is 3.50. The number of hydrogen-bond donors (Lipinski definition) is 2. The summed E-state index contributed by atoms with van der Waals surface area (Å²) in [5.41, 5.74) is 0. The molecule has 2 rings (SSSR count). The maximum absolute atomic E-state index is 11.0. The molecule has 3 heteroatoms. The second-order valence-electron chi connectivity index (χ2n) is 4.24. The molecule has 1 aliphatic carbocycles. The van der Waals surface area contributed by atoms with Crippen LogP contribution in [0, 0.1) is 11.8 Å². The molecule has 2 aliphatic rings. The Balaban J connectivity index is 2.06. The minimum atomic E-state index is -0.585. The van der Waals surface area contributed by atoms with E-state index in [1.165, 1.54) is 6.42 Å². The van der Waals surface area contributed by atoms with Crippen molar-refractivity contribution in [1.82, 2.24) is 5.32 Å². The van der Waals surface area contributed by atoms with Gasteiger partial charge in [0.15, 0.2) is 0 Å². The molecule has 74 valence electrons. The Labute approximate surface area is 78.5 Å². The summed E-state index contributed by atoms with van der Waals surface area (Å²) < 4.78 is 0. The molecule has 3 nitrogen and oxygen atoms in total. The van der Waals surface area contributed by atoms with Crippen LogP contribution in [0.5, 0.6) is 0 Å². The highest BCUT2D eigenvalue weighted by molar-refractivity contribution is 5.70. The monoisotopic (exact) mass is 183 g/mol. The second-order valence-corrected chi connectivity index (χ2v) is 4.24. The number of rotatable bonds is 1. The molecule has 0 bridgehead atoms. The molecule has 3 atom stereocenters. The van der Waals surface area contributed by atoms with E-state index in [2.05, 4.69) is 5.32 Å².